The maximum absolute atomic E-state index is 7.41. The van der Waals surface area contributed by atoms with E-state index in [1.165, 1.54) is 11.3 Å². The number of ether oxygens (including phenoxy) is 2. The Morgan fingerprint density at radius 1 is 1.25 bits per heavy atom. The van der Waals surface area contributed by atoms with Gasteiger partial charge in [0, 0.05) is 11.6 Å². The first-order chi connectivity index (χ1) is 7.74. The Labute approximate surface area is 97.6 Å². The molecular formula is C11H11N2O2S-. The fourth-order valence-corrected chi connectivity index (χ4v) is 1.96. The predicted octanol–water partition coefficient (Wildman–Crippen LogP) is 3.51. The molecule has 0 amide bonds. The number of hydrogen-bond donors (Lipinski definition) is 0. The van der Waals surface area contributed by atoms with Gasteiger partial charge in [-0.2, -0.15) is 11.3 Å². The first kappa shape index (κ1) is 10.8. The topological polar surface area (TPSA) is 55.2 Å². The Bertz CT molecular complexity index is 496. The van der Waals surface area contributed by atoms with Crippen LogP contribution < -0.4 is 9.47 Å². The number of hydrogen-bond acceptors (Lipinski definition) is 4. The van der Waals surface area contributed by atoms with Gasteiger partial charge in [-0.05, 0) is 28.3 Å². The van der Waals surface area contributed by atoms with Gasteiger partial charge in [0.15, 0.2) is 0 Å². The number of methoxy groups -OCH3 is 2. The van der Waals surface area contributed by atoms with Crippen molar-refractivity contribution in [3.8, 4) is 22.8 Å². The van der Waals surface area contributed by atoms with Gasteiger partial charge in [-0.3, -0.25) is 0 Å². The summed E-state index contributed by atoms with van der Waals surface area (Å²) in [4.78, 5) is 4.11. The van der Waals surface area contributed by atoms with Crippen LogP contribution >= 0.6 is 11.3 Å². The molecule has 84 valence electrons. The third-order valence-electron chi connectivity index (χ3n) is 2.19. The second-order valence-electron chi connectivity index (χ2n) is 3.10. The highest BCUT2D eigenvalue weighted by Crippen LogP contribution is 2.35. The molecule has 5 heteroatoms. The molecule has 2 rings (SSSR count). The second kappa shape index (κ2) is 4.40. The maximum Gasteiger partial charge on any atom is 0.130 e. The summed E-state index contributed by atoms with van der Waals surface area (Å²) in [5.74, 6) is 1.44. The van der Waals surface area contributed by atoms with Crippen molar-refractivity contribution in [2.24, 2.45) is 0 Å². The van der Waals surface area contributed by atoms with Gasteiger partial charge in [0.25, 0.3) is 0 Å². The monoisotopic (exact) mass is 235 g/mol. The number of nitrogens with zero attached hydrogens (tertiary/aromatic N) is 1. The Morgan fingerprint density at radius 3 is 2.62 bits per heavy atom. The summed E-state index contributed by atoms with van der Waals surface area (Å²) in [5, 5.41) is 2.14. The molecule has 4 nitrogen and oxygen atoms in total. The van der Waals surface area contributed by atoms with Crippen molar-refractivity contribution in [3.63, 3.8) is 0 Å². The number of benzene rings is 1. The van der Waals surface area contributed by atoms with E-state index >= 15 is 0 Å². The molecule has 0 unspecified atom stereocenters. The van der Waals surface area contributed by atoms with Crippen molar-refractivity contribution >= 4 is 16.5 Å². The first-order valence-corrected chi connectivity index (χ1v) is 5.52. The largest absolute Gasteiger partial charge is 0.497 e. The van der Waals surface area contributed by atoms with Gasteiger partial charge >= 0.3 is 0 Å². The summed E-state index contributed by atoms with van der Waals surface area (Å²) in [6.07, 6.45) is 0. The van der Waals surface area contributed by atoms with Crippen LogP contribution in [-0.4, -0.2) is 19.2 Å². The van der Waals surface area contributed by atoms with E-state index in [4.69, 9.17) is 15.2 Å². The zero-order valence-corrected chi connectivity index (χ0v) is 9.80. The van der Waals surface area contributed by atoms with Crippen LogP contribution in [0.3, 0.4) is 0 Å². The van der Waals surface area contributed by atoms with Gasteiger partial charge in [0.2, 0.25) is 0 Å². The van der Waals surface area contributed by atoms with E-state index in [0.29, 0.717) is 10.9 Å². The number of aromatic nitrogens is 1. The standard InChI is InChI=1S/C11H11N2O2S/c1-14-7-3-4-8(10(5-7)15-2)9-6-16-11(12)13-9/h3-6H,1-2H3,(H-,12,13)/q-1. The summed E-state index contributed by atoms with van der Waals surface area (Å²) < 4.78 is 10.4. The van der Waals surface area contributed by atoms with Crippen molar-refractivity contribution in [1.29, 1.82) is 0 Å². The molecule has 0 atom stereocenters. The summed E-state index contributed by atoms with van der Waals surface area (Å²) in [7, 11) is 3.21. The second-order valence-corrected chi connectivity index (χ2v) is 3.96. The quantitative estimate of drug-likeness (QED) is 0.818. The minimum absolute atomic E-state index is 0.299. The molecule has 1 heterocycles. The van der Waals surface area contributed by atoms with Crippen LogP contribution in [0.4, 0.5) is 5.13 Å². The molecule has 0 saturated carbocycles. The molecule has 0 aliphatic rings. The van der Waals surface area contributed by atoms with Gasteiger partial charge in [0.1, 0.15) is 11.5 Å². The number of thiazole rings is 1. The minimum atomic E-state index is 0.299. The highest BCUT2D eigenvalue weighted by atomic mass is 32.1. The third kappa shape index (κ3) is 1.94. The Balaban J connectivity index is 2.48. The summed E-state index contributed by atoms with van der Waals surface area (Å²) in [6, 6.07) is 5.53. The van der Waals surface area contributed by atoms with E-state index < -0.39 is 0 Å². The van der Waals surface area contributed by atoms with Crippen molar-refractivity contribution in [2.45, 2.75) is 0 Å². The zero-order valence-electron chi connectivity index (χ0n) is 8.98. The molecule has 0 saturated heterocycles. The van der Waals surface area contributed by atoms with Crippen LogP contribution in [0.5, 0.6) is 11.5 Å². The molecule has 0 bridgehead atoms. The SMILES string of the molecule is COc1ccc(-c2csc([NH-])n2)c(OC)c1. The van der Waals surface area contributed by atoms with E-state index in [2.05, 4.69) is 4.98 Å². The summed E-state index contributed by atoms with van der Waals surface area (Å²) >= 11 is 1.30. The average Bonchev–Trinajstić information content (AvgIpc) is 2.74. The van der Waals surface area contributed by atoms with Gasteiger partial charge < -0.3 is 20.2 Å². The van der Waals surface area contributed by atoms with Gasteiger partial charge in [0.05, 0.1) is 14.2 Å². The van der Waals surface area contributed by atoms with Gasteiger partial charge in [-0.1, -0.05) is 0 Å². The summed E-state index contributed by atoms with van der Waals surface area (Å²) in [5.41, 5.74) is 9.05. The lowest BCUT2D eigenvalue weighted by molar-refractivity contribution is 0.395. The number of rotatable bonds is 3. The van der Waals surface area contributed by atoms with Crippen molar-refractivity contribution in [1.82, 2.24) is 4.98 Å². The zero-order chi connectivity index (χ0) is 11.5. The highest BCUT2D eigenvalue weighted by molar-refractivity contribution is 7.14. The molecule has 16 heavy (non-hydrogen) atoms. The van der Waals surface area contributed by atoms with Crippen molar-refractivity contribution in [3.05, 3.63) is 29.3 Å². The van der Waals surface area contributed by atoms with E-state index in [9.17, 15) is 0 Å². The minimum Gasteiger partial charge on any atom is -0.497 e. The van der Waals surface area contributed by atoms with Gasteiger partial charge in [-0.15, -0.1) is 0 Å². The summed E-state index contributed by atoms with van der Waals surface area (Å²) in [6.45, 7) is 0. The first-order valence-electron chi connectivity index (χ1n) is 4.64. The molecule has 0 radical (unpaired) electrons. The van der Waals surface area contributed by atoms with Crippen LogP contribution in [0.25, 0.3) is 17.0 Å². The van der Waals surface area contributed by atoms with Gasteiger partial charge in [-0.25, -0.2) is 0 Å². The fourth-order valence-electron chi connectivity index (χ4n) is 1.41. The highest BCUT2D eigenvalue weighted by Gasteiger charge is 2.06. The smallest absolute Gasteiger partial charge is 0.130 e. The lowest BCUT2D eigenvalue weighted by Crippen LogP contribution is -1.90. The molecule has 1 aromatic carbocycles. The van der Waals surface area contributed by atoms with Crippen molar-refractivity contribution in [2.75, 3.05) is 14.2 Å². The van der Waals surface area contributed by atoms with E-state index in [0.717, 1.165) is 17.0 Å². The molecule has 1 aromatic heterocycles. The lowest BCUT2D eigenvalue weighted by Gasteiger charge is -2.10. The molecule has 0 fully saturated rings. The normalized spacial score (nSPS) is 10.1. The van der Waals surface area contributed by atoms with Crippen LogP contribution in [0, 0.1) is 0 Å². The molecule has 0 spiro atoms. The van der Waals surface area contributed by atoms with Crippen LogP contribution in [0.2, 0.25) is 0 Å². The van der Waals surface area contributed by atoms with Crippen LogP contribution in [-0.2, 0) is 0 Å². The predicted molar refractivity (Wildman–Crippen MR) is 64.6 cm³/mol. The van der Waals surface area contributed by atoms with Crippen molar-refractivity contribution < 1.29 is 9.47 Å². The molecule has 0 aliphatic heterocycles. The number of nitrogens with one attached hydrogen (secondary N) is 1. The maximum atomic E-state index is 7.41. The van der Waals surface area contributed by atoms with Crippen LogP contribution in [0.1, 0.15) is 0 Å². The Kier molecular flexibility index (Phi) is 2.96. The molecule has 0 aliphatic carbocycles. The Morgan fingerprint density at radius 2 is 2.06 bits per heavy atom. The molecular weight excluding hydrogens is 224 g/mol. The van der Waals surface area contributed by atoms with Crippen LogP contribution in [0.15, 0.2) is 23.6 Å². The van der Waals surface area contributed by atoms with E-state index in [-0.39, 0.29) is 0 Å². The van der Waals surface area contributed by atoms with E-state index in [1.54, 1.807) is 20.3 Å². The molecule has 2 aromatic rings. The molecule has 1 N–H and O–H groups in total. The third-order valence-corrected chi connectivity index (χ3v) is 2.84. The van der Waals surface area contributed by atoms with E-state index in [1.807, 2.05) is 17.5 Å². The average molecular weight is 235 g/mol. The Hall–Kier alpha value is -1.75. The lowest BCUT2D eigenvalue weighted by atomic mass is 10.1. The fraction of sp³-hybridized carbons (Fsp3) is 0.182.